The van der Waals surface area contributed by atoms with E-state index in [1.165, 1.54) is 0 Å². The molecule has 1 aliphatic rings. The largest absolute Gasteiger partial charge is 0.491 e. The topological polar surface area (TPSA) is 26.3 Å². The lowest BCUT2D eigenvalue weighted by Gasteiger charge is -2.09. The van der Waals surface area contributed by atoms with E-state index >= 15 is 0 Å². The minimum Gasteiger partial charge on any atom is -0.491 e. The third-order valence-electron chi connectivity index (χ3n) is 3.53. The van der Waals surface area contributed by atoms with Gasteiger partial charge in [-0.15, -0.1) is 0 Å². The Bertz CT molecular complexity index is 694. The Balaban J connectivity index is 1.82. The number of fused-ring (bicyclic) bond motifs is 1. The zero-order chi connectivity index (χ0) is 14.8. The first-order valence-electron chi connectivity index (χ1n) is 7.23. The average Bonchev–Trinajstić information content (AvgIpc) is 2.78. The van der Waals surface area contributed by atoms with Crippen molar-refractivity contribution in [2.75, 3.05) is 0 Å². The fraction of sp³-hybridized carbons (Fsp3) is 0.211. The summed E-state index contributed by atoms with van der Waals surface area (Å²) in [6.45, 7) is 4.01. The van der Waals surface area contributed by atoms with E-state index in [2.05, 4.69) is 0 Å². The number of ether oxygens (including phenoxy) is 1. The molecule has 2 nitrogen and oxygen atoms in total. The molecule has 2 aromatic carbocycles. The molecule has 1 aliphatic carbocycles. The molecule has 0 amide bonds. The van der Waals surface area contributed by atoms with Crippen molar-refractivity contribution in [2.45, 2.75) is 26.4 Å². The van der Waals surface area contributed by atoms with E-state index in [1.807, 2.05) is 68.5 Å². The van der Waals surface area contributed by atoms with E-state index < -0.39 is 0 Å². The van der Waals surface area contributed by atoms with Crippen LogP contribution in [0, 0.1) is 0 Å². The zero-order valence-corrected chi connectivity index (χ0v) is 12.3. The first-order chi connectivity index (χ1) is 10.1. The molecule has 0 saturated heterocycles. The van der Waals surface area contributed by atoms with Crippen LogP contribution in [0.5, 0.6) is 5.75 Å². The molecule has 0 N–H and O–H groups in total. The van der Waals surface area contributed by atoms with Crippen LogP contribution < -0.4 is 4.74 Å². The number of rotatable bonds is 3. The van der Waals surface area contributed by atoms with Crippen LogP contribution in [-0.2, 0) is 6.42 Å². The van der Waals surface area contributed by atoms with Gasteiger partial charge in [-0.25, -0.2) is 0 Å². The van der Waals surface area contributed by atoms with Crippen LogP contribution in [0.1, 0.15) is 35.3 Å². The smallest absolute Gasteiger partial charge is 0.189 e. The number of allylic oxidation sites excluding steroid dienone is 1. The molecule has 0 bridgehead atoms. The highest BCUT2D eigenvalue weighted by Gasteiger charge is 2.23. The van der Waals surface area contributed by atoms with Crippen LogP contribution in [0.15, 0.2) is 54.1 Å². The van der Waals surface area contributed by atoms with E-state index in [0.29, 0.717) is 0 Å². The van der Waals surface area contributed by atoms with Gasteiger partial charge in [-0.3, -0.25) is 4.79 Å². The lowest BCUT2D eigenvalue weighted by molar-refractivity contribution is 0.104. The quantitative estimate of drug-likeness (QED) is 0.783. The highest BCUT2D eigenvalue weighted by molar-refractivity contribution is 6.15. The predicted octanol–water partition coefficient (Wildman–Crippen LogP) is 4.30. The van der Waals surface area contributed by atoms with E-state index in [0.717, 1.165) is 34.4 Å². The maximum Gasteiger partial charge on any atom is 0.189 e. The molecule has 0 aromatic heterocycles. The summed E-state index contributed by atoms with van der Waals surface area (Å²) in [7, 11) is 0. The van der Waals surface area contributed by atoms with Crippen LogP contribution >= 0.6 is 0 Å². The van der Waals surface area contributed by atoms with Gasteiger partial charge in [0.05, 0.1) is 6.10 Å². The normalized spacial score (nSPS) is 15.6. The van der Waals surface area contributed by atoms with Crippen molar-refractivity contribution in [3.8, 4) is 5.75 Å². The molecule has 0 unspecified atom stereocenters. The molecule has 0 saturated carbocycles. The summed E-state index contributed by atoms with van der Waals surface area (Å²) in [6.07, 6.45) is 2.86. The summed E-state index contributed by atoms with van der Waals surface area (Å²) in [5.41, 5.74) is 3.84. The lowest BCUT2D eigenvalue weighted by atomic mass is 10.1. The van der Waals surface area contributed by atoms with Gasteiger partial charge in [0.2, 0.25) is 0 Å². The molecule has 2 heteroatoms. The van der Waals surface area contributed by atoms with Crippen molar-refractivity contribution >= 4 is 11.9 Å². The van der Waals surface area contributed by atoms with Gasteiger partial charge in [-0.2, -0.15) is 0 Å². The van der Waals surface area contributed by atoms with Crippen molar-refractivity contribution in [1.82, 2.24) is 0 Å². The fourth-order valence-electron chi connectivity index (χ4n) is 2.59. The van der Waals surface area contributed by atoms with Crippen LogP contribution in [0.2, 0.25) is 0 Å². The number of hydrogen-bond acceptors (Lipinski definition) is 2. The van der Waals surface area contributed by atoms with Crippen LogP contribution in [0.3, 0.4) is 0 Å². The standard InChI is InChI=1S/C19H18O2/c1-13(2)21-17-9-7-14(8-10-17)11-16-12-15-5-3-4-6-18(15)19(16)20/h3-11,13H,12H2,1-2H3/b16-11+. The first-order valence-corrected chi connectivity index (χ1v) is 7.23. The number of benzene rings is 2. The maximum atomic E-state index is 12.3. The Morgan fingerprint density at radius 3 is 2.43 bits per heavy atom. The van der Waals surface area contributed by atoms with Crippen molar-refractivity contribution < 1.29 is 9.53 Å². The highest BCUT2D eigenvalue weighted by Crippen LogP contribution is 2.27. The van der Waals surface area contributed by atoms with Crippen molar-refractivity contribution in [3.63, 3.8) is 0 Å². The Kier molecular flexibility index (Phi) is 3.61. The second-order valence-electron chi connectivity index (χ2n) is 5.57. The molecule has 0 fully saturated rings. The molecule has 2 aromatic rings. The van der Waals surface area contributed by atoms with Crippen molar-refractivity contribution in [1.29, 1.82) is 0 Å². The molecule has 21 heavy (non-hydrogen) atoms. The summed E-state index contributed by atoms with van der Waals surface area (Å²) in [6, 6.07) is 15.7. The van der Waals surface area contributed by atoms with E-state index in [9.17, 15) is 4.79 Å². The second-order valence-corrected chi connectivity index (χ2v) is 5.57. The van der Waals surface area contributed by atoms with Gasteiger partial charge in [0.15, 0.2) is 5.78 Å². The molecule has 0 atom stereocenters. The lowest BCUT2D eigenvalue weighted by Crippen LogP contribution is -2.05. The number of carbonyl (C=O) groups is 1. The van der Waals surface area contributed by atoms with Gasteiger partial charge in [0.1, 0.15) is 5.75 Å². The predicted molar refractivity (Wildman–Crippen MR) is 84.7 cm³/mol. The molecule has 106 valence electrons. The van der Waals surface area contributed by atoms with Gasteiger partial charge in [0, 0.05) is 17.6 Å². The first kappa shape index (κ1) is 13.6. The van der Waals surface area contributed by atoms with E-state index in [-0.39, 0.29) is 11.9 Å². The Hall–Kier alpha value is -2.35. The summed E-state index contributed by atoms with van der Waals surface area (Å²) >= 11 is 0. The summed E-state index contributed by atoms with van der Waals surface area (Å²) in [5.74, 6) is 1.00. The monoisotopic (exact) mass is 278 g/mol. The minimum absolute atomic E-state index is 0.146. The molecule has 0 radical (unpaired) electrons. The summed E-state index contributed by atoms with van der Waals surface area (Å²) in [4.78, 5) is 12.3. The average molecular weight is 278 g/mol. The van der Waals surface area contributed by atoms with Crippen LogP contribution in [0.4, 0.5) is 0 Å². The number of ketones is 1. The molecule has 0 heterocycles. The third kappa shape index (κ3) is 2.89. The minimum atomic E-state index is 0.146. The Morgan fingerprint density at radius 1 is 1.05 bits per heavy atom. The van der Waals surface area contributed by atoms with Gasteiger partial charge in [-0.05, 0) is 43.2 Å². The Labute approximate surface area is 125 Å². The van der Waals surface area contributed by atoms with Crippen LogP contribution in [0.25, 0.3) is 6.08 Å². The molecule has 0 aliphatic heterocycles. The van der Waals surface area contributed by atoms with Gasteiger partial charge in [-0.1, -0.05) is 36.4 Å². The summed E-state index contributed by atoms with van der Waals surface area (Å²) in [5, 5.41) is 0. The van der Waals surface area contributed by atoms with Gasteiger partial charge >= 0.3 is 0 Å². The SMILES string of the molecule is CC(C)Oc1ccc(/C=C2\Cc3ccccc3C2=O)cc1. The zero-order valence-electron chi connectivity index (χ0n) is 12.3. The number of Topliss-reactive ketones (excluding diaryl/α,β-unsaturated/α-hetero) is 1. The van der Waals surface area contributed by atoms with Crippen molar-refractivity contribution in [2.24, 2.45) is 0 Å². The molecule has 0 spiro atoms. The third-order valence-corrected chi connectivity index (χ3v) is 3.53. The second kappa shape index (κ2) is 5.57. The van der Waals surface area contributed by atoms with E-state index in [1.54, 1.807) is 0 Å². The molecule has 3 rings (SSSR count). The fourth-order valence-corrected chi connectivity index (χ4v) is 2.59. The van der Waals surface area contributed by atoms with Gasteiger partial charge in [0.25, 0.3) is 0 Å². The highest BCUT2D eigenvalue weighted by atomic mass is 16.5. The Morgan fingerprint density at radius 2 is 1.76 bits per heavy atom. The molecular weight excluding hydrogens is 260 g/mol. The maximum absolute atomic E-state index is 12.3. The summed E-state index contributed by atoms with van der Waals surface area (Å²) < 4.78 is 5.62. The van der Waals surface area contributed by atoms with E-state index in [4.69, 9.17) is 4.74 Å². The van der Waals surface area contributed by atoms with Crippen LogP contribution in [-0.4, -0.2) is 11.9 Å². The molecular formula is C19H18O2. The van der Waals surface area contributed by atoms with Gasteiger partial charge < -0.3 is 4.74 Å². The number of hydrogen-bond donors (Lipinski definition) is 0. The van der Waals surface area contributed by atoms with Crippen molar-refractivity contribution in [3.05, 3.63) is 70.8 Å². The number of carbonyl (C=O) groups excluding carboxylic acids is 1.